The van der Waals surface area contributed by atoms with Crippen molar-refractivity contribution in [3.05, 3.63) is 35.6 Å². The second-order valence-electron chi connectivity index (χ2n) is 8.58. The number of fused-ring (bicyclic) bond motifs is 5. The van der Waals surface area contributed by atoms with Gasteiger partial charge < -0.3 is 10.2 Å². The molecule has 120 valence electrons. The SMILES string of the molecule is CC1CC2=CC(O)C=C[C@]2(C)[C@@H]2CC[C@]3(C)C(O)=CC[C@H]3[C@H]12. The van der Waals surface area contributed by atoms with Crippen molar-refractivity contribution >= 4 is 0 Å². The van der Waals surface area contributed by atoms with Crippen LogP contribution in [0.15, 0.2) is 35.6 Å². The first-order valence-corrected chi connectivity index (χ1v) is 8.84. The molecule has 2 N–H and O–H groups in total. The molecule has 0 bridgehead atoms. The van der Waals surface area contributed by atoms with Crippen molar-refractivity contribution < 1.29 is 10.2 Å². The van der Waals surface area contributed by atoms with Crippen molar-refractivity contribution in [1.82, 2.24) is 0 Å². The first-order chi connectivity index (χ1) is 10.4. The minimum atomic E-state index is -0.405. The van der Waals surface area contributed by atoms with Gasteiger partial charge in [0.1, 0.15) is 0 Å². The summed E-state index contributed by atoms with van der Waals surface area (Å²) in [5, 5.41) is 20.4. The van der Waals surface area contributed by atoms with Crippen LogP contribution in [0, 0.1) is 34.5 Å². The minimum absolute atomic E-state index is 0.00486. The predicted octanol–water partition coefficient (Wildman–Crippen LogP) is 4.38. The molecular weight excluding hydrogens is 272 g/mol. The molecule has 0 radical (unpaired) electrons. The highest BCUT2D eigenvalue weighted by atomic mass is 16.3. The van der Waals surface area contributed by atoms with Crippen LogP contribution >= 0.6 is 0 Å². The van der Waals surface area contributed by atoms with Gasteiger partial charge in [0.2, 0.25) is 0 Å². The molecule has 7 atom stereocenters. The molecule has 0 aromatic rings. The van der Waals surface area contributed by atoms with E-state index in [0.717, 1.165) is 19.3 Å². The van der Waals surface area contributed by atoms with E-state index in [-0.39, 0.29) is 10.8 Å². The van der Waals surface area contributed by atoms with Gasteiger partial charge in [-0.1, -0.05) is 44.6 Å². The normalized spacial score (nSPS) is 53.2. The number of hydrogen-bond donors (Lipinski definition) is 2. The van der Waals surface area contributed by atoms with E-state index in [4.69, 9.17) is 0 Å². The molecule has 22 heavy (non-hydrogen) atoms. The molecular formula is C20H28O2. The summed E-state index contributed by atoms with van der Waals surface area (Å²) in [4.78, 5) is 0. The molecule has 2 nitrogen and oxygen atoms in total. The molecule has 0 amide bonds. The van der Waals surface area contributed by atoms with Gasteiger partial charge in [-0.2, -0.15) is 0 Å². The van der Waals surface area contributed by atoms with E-state index in [9.17, 15) is 10.2 Å². The Kier molecular flexibility index (Phi) is 2.98. The Morgan fingerprint density at radius 3 is 2.77 bits per heavy atom. The van der Waals surface area contributed by atoms with Gasteiger partial charge >= 0.3 is 0 Å². The average Bonchev–Trinajstić information content (AvgIpc) is 2.77. The number of hydrogen-bond acceptors (Lipinski definition) is 2. The van der Waals surface area contributed by atoms with Crippen LogP contribution in [-0.2, 0) is 0 Å². The molecule has 0 aliphatic heterocycles. The van der Waals surface area contributed by atoms with Gasteiger partial charge in [0, 0.05) is 10.8 Å². The van der Waals surface area contributed by atoms with Crippen LogP contribution in [0.2, 0.25) is 0 Å². The summed E-state index contributed by atoms with van der Waals surface area (Å²) in [5.41, 5.74) is 1.55. The Morgan fingerprint density at radius 1 is 1.23 bits per heavy atom. The second-order valence-corrected chi connectivity index (χ2v) is 8.58. The number of aliphatic hydroxyl groups is 2. The second kappa shape index (κ2) is 4.50. The highest BCUT2D eigenvalue weighted by molar-refractivity contribution is 5.35. The molecule has 0 aromatic carbocycles. The minimum Gasteiger partial charge on any atom is -0.512 e. The topological polar surface area (TPSA) is 40.5 Å². The van der Waals surface area contributed by atoms with Crippen LogP contribution in [0.1, 0.15) is 46.5 Å². The van der Waals surface area contributed by atoms with Gasteiger partial charge in [0.05, 0.1) is 11.9 Å². The predicted molar refractivity (Wildman–Crippen MR) is 88.3 cm³/mol. The third kappa shape index (κ3) is 1.71. The van der Waals surface area contributed by atoms with E-state index in [2.05, 4.69) is 39.0 Å². The maximum Gasteiger partial charge on any atom is 0.0944 e. The first-order valence-electron chi connectivity index (χ1n) is 8.84. The molecule has 0 heterocycles. The zero-order chi connectivity index (χ0) is 15.7. The Morgan fingerprint density at radius 2 is 2.00 bits per heavy atom. The van der Waals surface area contributed by atoms with Crippen LogP contribution in [0.25, 0.3) is 0 Å². The lowest BCUT2D eigenvalue weighted by molar-refractivity contribution is -0.0472. The van der Waals surface area contributed by atoms with Gasteiger partial charge in [-0.25, -0.2) is 0 Å². The van der Waals surface area contributed by atoms with Gasteiger partial charge in [-0.3, -0.25) is 0 Å². The van der Waals surface area contributed by atoms with E-state index >= 15 is 0 Å². The van der Waals surface area contributed by atoms with Crippen LogP contribution in [0.3, 0.4) is 0 Å². The maximum atomic E-state index is 10.4. The average molecular weight is 300 g/mol. The fraction of sp³-hybridized carbons (Fsp3) is 0.700. The maximum absolute atomic E-state index is 10.4. The monoisotopic (exact) mass is 300 g/mol. The zero-order valence-electron chi connectivity index (χ0n) is 13.9. The van der Waals surface area contributed by atoms with Crippen molar-refractivity contribution in [2.45, 2.75) is 52.6 Å². The number of allylic oxidation sites excluding steroid dienone is 4. The molecule has 4 aliphatic carbocycles. The smallest absolute Gasteiger partial charge is 0.0944 e. The Balaban J connectivity index is 1.74. The third-order valence-electron chi connectivity index (χ3n) is 7.55. The fourth-order valence-corrected chi connectivity index (χ4v) is 6.22. The lowest BCUT2D eigenvalue weighted by atomic mass is 9.46. The van der Waals surface area contributed by atoms with Crippen molar-refractivity contribution in [3.63, 3.8) is 0 Å². The van der Waals surface area contributed by atoms with E-state index in [1.165, 1.54) is 12.0 Å². The summed E-state index contributed by atoms with van der Waals surface area (Å²) in [7, 11) is 0. The van der Waals surface area contributed by atoms with E-state index in [0.29, 0.717) is 29.4 Å². The van der Waals surface area contributed by atoms with Crippen molar-refractivity contribution in [2.24, 2.45) is 34.5 Å². The van der Waals surface area contributed by atoms with Gasteiger partial charge in [-0.05, 0) is 55.4 Å². The summed E-state index contributed by atoms with van der Waals surface area (Å²) in [5.74, 6) is 3.17. The van der Waals surface area contributed by atoms with Crippen molar-refractivity contribution in [2.75, 3.05) is 0 Å². The fourth-order valence-electron chi connectivity index (χ4n) is 6.22. The van der Waals surface area contributed by atoms with Gasteiger partial charge in [0.25, 0.3) is 0 Å². The first kappa shape index (κ1) is 14.6. The van der Waals surface area contributed by atoms with E-state index in [1.807, 2.05) is 6.08 Å². The van der Waals surface area contributed by atoms with Crippen LogP contribution in [0.5, 0.6) is 0 Å². The molecule has 0 saturated heterocycles. The largest absolute Gasteiger partial charge is 0.512 e. The molecule has 2 fully saturated rings. The molecule has 4 rings (SSSR count). The number of rotatable bonds is 0. The van der Waals surface area contributed by atoms with Crippen LogP contribution in [0.4, 0.5) is 0 Å². The lowest BCUT2D eigenvalue weighted by Crippen LogP contribution is -2.52. The molecule has 0 spiro atoms. The Labute approximate surface area is 133 Å². The lowest BCUT2D eigenvalue weighted by Gasteiger charge is -2.58. The molecule has 2 unspecified atom stereocenters. The van der Waals surface area contributed by atoms with Crippen LogP contribution < -0.4 is 0 Å². The standard InChI is InChI=1S/C20H28O2/c1-12-10-13-11-14(21)6-8-19(13,2)16-7-9-20(3)15(18(12)16)4-5-17(20)22/h5-6,8,11-12,14-16,18,21-22H,4,7,9-10H2,1-3H3/t12?,14?,15-,16+,18-,19-,20-/m0/s1. The molecule has 2 heteroatoms. The zero-order valence-corrected chi connectivity index (χ0v) is 13.9. The van der Waals surface area contributed by atoms with E-state index in [1.54, 1.807) is 0 Å². The highest BCUT2D eigenvalue weighted by Crippen LogP contribution is 2.65. The summed E-state index contributed by atoms with van der Waals surface area (Å²) >= 11 is 0. The molecule has 4 aliphatic rings. The molecule has 2 saturated carbocycles. The van der Waals surface area contributed by atoms with Crippen LogP contribution in [-0.4, -0.2) is 16.3 Å². The van der Waals surface area contributed by atoms with Gasteiger partial charge in [-0.15, -0.1) is 0 Å². The Hall–Kier alpha value is -1.02. The summed E-state index contributed by atoms with van der Waals surface area (Å²) < 4.78 is 0. The third-order valence-corrected chi connectivity index (χ3v) is 7.55. The van der Waals surface area contributed by atoms with Crippen molar-refractivity contribution in [3.8, 4) is 0 Å². The quantitative estimate of drug-likeness (QED) is 0.652. The summed E-state index contributed by atoms with van der Waals surface area (Å²) in [6, 6.07) is 0. The molecule has 0 aromatic heterocycles. The Bertz CT molecular complexity index is 587. The highest BCUT2D eigenvalue weighted by Gasteiger charge is 2.58. The van der Waals surface area contributed by atoms with Gasteiger partial charge in [0.15, 0.2) is 0 Å². The summed E-state index contributed by atoms with van der Waals surface area (Å²) in [6.07, 6.45) is 12.4. The van der Waals surface area contributed by atoms with Crippen molar-refractivity contribution in [1.29, 1.82) is 0 Å². The van der Waals surface area contributed by atoms with E-state index < -0.39 is 6.10 Å². The summed E-state index contributed by atoms with van der Waals surface area (Å²) in [6.45, 7) is 7.02. The number of aliphatic hydroxyl groups excluding tert-OH is 2.